The van der Waals surface area contributed by atoms with Gasteiger partial charge in [-0.15, -0.1) is 11.3 Å². The molecule has 0 saturated heterocycles. The molecule has 0 atom stereocenters. The van der Waals surface area contributed by atoms with Crippen molar-refractivity contribution < 1.29 is 14.3 Å². The Morgan fingerprint density at radius 2 is 1.91 bits per heavy atom. The van der Waals surface area contributed by atoms with Gasteiger partial charge in [0.1, 0.15) is 0 Å². The van der Waals surface area contributed by atoms with E-state index in [1.54, 1.807) is 11.3 Å². The fourth-order valence-corrected chi connectivity index (χ4v) is 4.51. The monoisotopic (exact) mass is 321 g/mol. The highest BCUT2D eigenvalue weighted by Gasteiger charge is 2.22. The average Bonchev–Trinajstić information content (AvgIpc) is 2.98. The first-order valence-corrected chi connectivity index (χ1v) is 9.18. The van der Waals surface area contributed by atoms with E-state index < -0.39 is 0 Å². The van der Waals surface area contributed by atoms with E-state index >= 15 is 0 Å². The standard InChI is InChI=1S/C17H23NO3S/c19-16(18-12-6-2-1-3-7-12)10-21-17(20)14-11-22-15-9-5-4-8-13(14)15/h11-12H,1-10H2,(H,18,19). The molecule has 1 N–H and O–H groups in total. The quantitative estimate of drug-likeness (QED) is 0.866. The molecule has 3 rings (SSSR count). The Labute approximate surface area is 135 Å². The Balaban J connectivity index is 1.49. The molecule has 1 saturated carbocycles. The fourth-order valence-electron chi connectivity index (χ4n) is 3.39. The van der Waals surface area contributed by atoms with Gasteiger partial charge in [-0.3, -0.25) is 4.79 Å². The number of hydrogen-bond donors (Lipinski definition) is 1. The lowest BCUT2D eigenvalue weighted by Gasteiger charge is -2.22. The predicted molar refractivity (Wildman–Crippen MR) is 86.3 cm³/mol. The minimum Gasteiger partial charge on any atom is -0.452 e. The van der Waals surface area contributed by atoms with E-state index in [4.69, 9.17) is 4.74 Å². The summed E-state index contributed by atoms with van der Waals surface area (Å²) in [4.78, 5) is 25.4. The number of carbonyl (C=O) groups excluding carboxylic acids is 2. The van der Waals surface area contributed by atoms with Gasteiger partial charge in [0.15, 0.2) is 6.61 Å². The van der Waals surface area contributed by atoms with Crippen LogP contribution in [-0.4, -0.2) is 24.5 Å². The van der Waals surface area contributed by atoms with Gasteiger partial charge in [0.2, 0.25) is 0 Å². The molecule has 4 nitrogen and oxygen atoms in total. The van der Waals surface area contributed by atoms with E-state index in [0.29, 0.717) is 5.56 Å². The maximum absolute atomic E-state index is 12.2. The zero-order valence-corrected chi connectivity index (χ0v) is 13.7. The van der Waals surface area contributed by atoms with Crippen LogP contribution in [0.3, 0.4) is 0 Å². The van der Waals surface area contributed by atoms with Crippen LogP contribution in [0.5, 0.6) is 0 Å². The zero-order chi connectivity index (χ0) is 15.4. The van der Waals surface area contributed by atoms with Crippen LogP contribution in [0.15, 0.2) is 5.38 Å². The molecule has 0 bridgehead atoms. The predicted octanol–water partition coefficient (Wildman–Crippen LogP) is 3.23. The van der Waals surface area contributed by atoms with Crippen LogP contribution in [0.1, 0.15) is 65.7 Å². The van der Waals surface area contributed by atoms with Crippen LogP contribution in [0.25, 0.3) is 0 Å². The van der Waals surface area contributed by atoms with Gasteiger partial charge in [-0.25, -0.2) is 4.79 Å². The van der Waals surface area contributed by atoms with Crippen LogP contribution in [0, 0.1) is 0 Å². The maximum atomic E-state index is 12.2. The smallest absolute Gasteiger partial charge is 0.339 e. The van der Waals surface area contributed by atoms with Crippen molar-refractivity contribution in [1.29, 1.82) is 0 Å². The third kappa shape index (κ3) is 3.69. The molecule has 22 heavy (non-hydrogen) atoms. The Hall–Kier alpha value is -1.36. The first-order valence-electron chi connectivity index (χ1n) is 8.30. The van der Waals surface area contributed by atoms with Gasteiger partial charge >= 0.3 is 5.97 Å². The summed E-state index contributed by atoms with van der Waals surface area (Å²) >= 11 is 1.64. The van der Waals surface area contributed by atoms with Gasteiger partial charge < -0.3 is 10.1 Å². The lowest BCUT2D eigenvalue weighted by Crippen LogP contribution is -2.38. The highest BCUT2D eigenvalue weighted by Crippen LogP contribution is 2.30. The number of amides is 1. The number of carbonyl (C=O) groups is 2. The van der Waals surface area contributed by atoms with Crippen molar-refractivity contribution in [3.05, 3.63) is 21.4 Å². The molecule has 1 amide bonds. The van der Waals surface area contributed by atoms with Crippen molar-refractivity contribution in [2.24, 2.45) is 0 Å². The third-order valence-electron chi connectivity index (χ3n) is 4.59. The SMILES string of the molecule is O=C(COC(=O)c1csc2c1CCCC2)NC1CCCCC1. The molecule has 1 heterocycles. The topological polar surface area (TPSA) is 55.4 Å². The van der Waals surface area contributed by atoms with E-state index in [-0.39, 0.29) is 24.5 Å². The molecule has 0 aliphatic heterocycles. The number of rotatable bonds is 4. The summed E-state index contributed by atoms with van der Waals surface area (Å²) in [5, 5.41) is 4.85. The first kappa shape index (κ1) is 15.5. The number of fused-ring (bicyclic) bond motifs is 1. The van der Waals surface area contributed by atoms with E-state index in [0.717, 1.165) is 37.7 Å². The highest BCUT2D eigenvalue weighted by molar-refractivity contribution is 7.10. The van der Waals surface area contributed by atoms with Crippen molar-refractivity contribution in [2.75, 3.05) is 6.61 Å². The molecule has 120 valence electrons. The molecule has 0 spiro atoms. The molecular weight excluding hydrogens is 298 g/mol. The van der Waals surface area contributed by atoms with Gasteiger partial charge in [0, 0.05) is 16.3 Å². The van der Waals surface area contributed by atoms with Gasteiger partial charge in [0.05, 0.1) is 5.56 Å². The summed E-state index contributed by atoms with van der Waals surface area (Å²) in [5.74, 6) is -0.525. The van der Waals surface area contributed by atoms with Gasteiger partial charge in [-0.1, -0.05) is 19.3 Å². The van der Waals surface area contributed by atoms with E-state index in [2.05, 4.69) is 5.32 Å². The van der Waals surface area contributed by atoms with Crippen LogP contribution >= 0.6 is 11.3 Å². The Morgan fingerprint density at radius 1 is 1.14 bits per heavy atom. The minimum absolute atomic E-state index is 0.167. The van der Waals surface area contributed by atoms with Crippen molar-refractivity contribution in [2.45, 2.75) is 63.8 Å². The molecule has 1 fully saturated rings. The fraction of sp³-hybridized carbons (Fsp3) is 0.647. The third-order valence-corrected chi connectivity index (χ3v) is 5.67. The van der Waals surface area contributed by atoms with Crippen molar-refractivity contribution in [1.82, 2.24) is 5.32 Å². The van der Waals surface area contributed by atoms with Crippen LogP contribution < -0.4 is 5.32 Å². The van der Waals surface area contributed by atoms with E-state index in [9.17, 15) is 9.59 Å². The largest absolute Gasteiger partial charge is 0.452 e. The number of hydrogen-bond acceptors (Lipinski definition) is 4. The van der Waals surface area contributed by atoms with Crippen molar-refractivity contribution in [3.8, 4) is 0 Å². The molecule has 5 heteroatoms. The maximum Gasteiger partial charge on any atom is 0.339 e. The molecule has 0 unspecified atom stereocenters. The van der Waals surface area contributed by atoms with Crippen molar-refractivity contribution >= 4 is 23.2 Å². The normalized spacial score (nSPS) is 18.5. The second-order valence-electron chi connectivity index (χ2n) is 6.24. The summed E-state index contributed by atoms with van der Waals surface area (Å²) in [6.07, 6.45) is 10.0. The lowest BCUT2D eigenvalue weighted by molar-refractivity contribution is -0.125. The molecule has 1 aromatic heterocycles. The number of nitrogens with one attached hydrogen (secondary N) is 1. The Kier molecular flexibility index (Phi) is 5.13. The summed E-state index contributed by atoms with van der Waals surface area (Å²) in [7, 11) is 0. The number of thiophene rings is 1. The number of esters is 1. The molecule has 0 radical (unpaired) electrons. The van der Waals surface area contributed by atoms with Gasteiger partial charge in [0.25, 0.3) is 5.91 Å². The molecule has 2 aliphatic rings. The molecule has 2 aliphatic carbocycles. The highest BCUT2D eigenvalue weighted by atomic mass is 32.1. The molecule has 1 aromatic rings. The lowest BCUT2D eigenvalue weighted by atomic mass is 9.95. The molecular formula is C17H23NO3S. The Morgan fingerprint density at radius 3 is 2.73 bits per heavy atom. The van der Waals surface area contributed by atoms with Crippen molar-refractivity contribution in [3.63, 3.8) is 0 Å². The number of aryl methyl sites for hydroxylation is 1. The van der Waals surface area contributed by atoms with Gasteiger partial charge in [-0.05, 0) is 44.1 Å². The van der Waals surface area contributed by atoms with Crippen LogP contribution in [0.2, 0.25) is 0 Å². The zero-order valence-electron chi connectivity index (χ0n) is 12.9. The first-order chi connectivity index (χ1) is 10.7. The van der Waals surface area contributed by atoms with Crippen LogP contribution in [0.4, 0.5) is 0 Å². The average molecular weight is 321 g/mol. The Bertz CT molecular complexity index is 546. The molecule has 0 aromatic carbocycles. The van der Waals surface area contributed by atoms with Crippen LogP contribution in [-0.2, 0) is 22.4 Å². The number of ether oxygens (including phenoxy) is 1. The van der Waals surface area contributed by atoms with E-state index in [1.165, 1.54) is 30.6 Å². The summed E-state index contributed by atoms with van der Waals surface area (Å²) < 4.78 is 5.21. The second-order valence-corrected chi connectivity index (χ2v) is 7.20. The van der Waals surface area contributed by atoms with E-state index in [1.807, 2.05) is 5.38 Å². The summed E-state index contributed by atoms with van der Waals surface area (Å²) in [6, 6.07) is 0.258. The minimum atomic E-state index is -0.349. The second kappa shape index (κ2) is 7.27. The summed E-state index contributed by atoms with van der Waals surface area (Å²) in [5.41, 5.74) is 1.82. The van der Waals surface area contributed by atoms with Gasteiger partial charge in [-0.2, -0.15) is 0 Å². The summed E-state index contributed by atoms with van der Waals surface area (Å²) in [6.45, 7) is -0.167.